The molecule has 0 aliphatic carbocycles. The Hall–Kier alpha value is -0.650. The standard InChI is InChI=1S/C12H25N3O2/c1-9-6-10(4-5-15(9)2)14-12(16)7-11(8-13)17-3/h9-11H,4-8,13H2,1-3H3,(H,14,16). The molecule has 3 N–H and O–H groups in total. The highest BCUT2D eigenvalue weighted by Crippen LogP contribution is 2.15. The Morgan fingerprint density at radius 2 is 2.35 bits per heavy atom. The van der Waals surface area contributed by atoms with Gasteiger partial charge in [-0.15, -0.1) is 0 Å². The van der Waals surface area contributed by atoms with E-state index in [9.17, 15) is 4.79 Å². The van der Waals surface area contributed by atoms with Crippen LogP contribution in [0.3, 0.4) is 0 Å². The first-order valence-corrected chi connectivity index (χ1v) is 6.29. The van der Waals surface area contributed by atoms with E-state index in [1.165, 1.54) is 0 Å². The number of hydrogen-bond donors (Lipinski definition) is 2. The number of rotatable bonds is 5. The van der Waals surface area contributed by atoms with Gasteiger partial charge in [0.1, 0.15) is 0 Å². The molecule has 5 heteroatoms. The molecule has 0 saturated carbocycles. The maximum absolute atomic E-state index is 11.8. The second-order valence-corrected chi connectivity index (χ2v) is 4.92. The van der Waals surface area contributed by atoms with E-state index in [1.807, 2.05) is 0 Å². The lowest BCUT2D eigenvalue weighted by Gasteiger charge is -2.35. The topological polar surface area (TPSA) is 67.6 Å². The first-order chi connectivity index (χ1) is 8.06. The predicted molar refractivity (Wildman–Crippen MR) is 67.7 cm³/mol. The molecule has 0 spiro atoms. The number of hydrogen-bond acceptors (Lipinski definition) is 4. The first-order valence-electron chi connectivity index (χ1n) is 6.29. The molecular weight excluding hydrogens is 218 g/mol. The normalized spacial score (nSPS) is 27.8. The van der Waals surface area contributed by atoms with Crippen LogP contribution in [-0.4, -0.2) is 56.2 Å². The minimum atomic E-state index is -0.168. The van der Waals surface area contributed by atoms with Gasteiger partial charge in [-0.1, -0.05) is 0 Å². The molecule has 1 amide bonds. The number of carbonyl (C=O) groups excluding carboxylic acids is 1. The van der Waals surface area contributed by atoms with E-state index in [0.717, 1.165) is 19.4 Å². The van der Waals surface area contributed by atoms with Gasteiger partial charge in [0.15, 0.2) is 0 Å². The molecule has 1 rings (SSSR count). The Balaban J connectivity index is 2.31. The van der Waals surface area contributed by atoms with E-state index in [-0.39, 0.29) is 12.0 Å². The van der Waals surface area contributed by atoms with Crippen LogP contribution in [-0.2, 0) is 9.53 Å². The highest BCUT2D eigenvalue weighted by molar-refractivity contribution is 5.76. The summed E-state index contributed by atoms with van der Waals surface area (Å²) in [7, 11) is 3.71. The number of ether oxygens (including phenoxy) is 1. The summed E-state index contributed by atoms with van der Waals surface area (Å²) in [5.41, 5.74) is 5.49. The average molecular weight is 243 g/mol. The minimum Gasteiger partial charge on any atom is -0.380 e. The molecule has 0 aromatic carbocycles. The van der Waals surface area contributed by atoms with E-state index >= 15 is 0 Å². The quantitative estimate of drug-likeness (QED) is 0.710. The van der Waals surface area contributed by atoms with Crippen molar-refractivity contribution < 1.29 is 9.53 Å². The number of methoxy groups -OCH3 is 1. The third-order valence-electron chi connectivity index (χ3n) is 3.58. The minimum absolute atomic E-state index is 0.0454. The molecule has 1 aliphatic heterocycles. The van der Waals surface area contributed by atoms with Gasteiger partial charge in [-0.3, -0.25) is 4.79 Å². The monoisotopic (exact) mass is 243 g/mol. The van der Waals surface area contributed by atoms with Gasteiger partial charge in [-0.25, -0.2) is 0 Å². The summed E-state index contributed by atoms with van der Waals surface area (Å²) >= 11 is 0. The molecular formula is C12H25N3O2. The molecule has 1 heterocycles. The molecule has 1 aliphatic rings. The van der Waals surface area contributed by atoms with E-state index in [0.29, 0.717) is 25.0 Å². The fraction of sp³-hybridized carbons (Fsp3) is 0.917. The Bertz CT molecular complexity index is 244. The number of nitrogens with one attached hydrogen (secondary N) is 1. The first kappa shape index (κ1) is 14.4. The Kier molecular flexibility index (Phi) is 5.88. The molecule has 3 unspecified atom stereocenters. The number of piperidine rings is 1. The summed E-state index contributed by atoms with van der Waals surface area (Å²) in [5, 5.41) is 3.07. The summed E-state index contributed by atoms with van der Waals surface area (Å²) in [5.74, 6) is 0.0454. The van der Waals surface area contributed by atoms with Crippen LogP contribution >= 0.6 is 0 Å². The van der Waals surface area contributed by atoms with Gasteiger partial charge < -0.3 is 20.7 Å². The van der Waals surface area contributed by atoms with E-state index in [4.69, 9.17) is 10.5 Å². The van der Waals surface area contributed by atoms with Crippen molar-refractivity contribution in [2.45, 2.75) is 44.4 Å². The van der Waals surface area contributed by atoms with Crippen LogP contribution in [0.25, 0.3) is 0 Å². The van der Waals surface area contributed by atoms with Gasteiger partial charge in [0, 0.05) is 32.3 Å². The maximum atomic E-state index is 11.8. The van der Waals surface area contributed by atoms with Crippen molar-refractivity contribution in [3.05, 3.63) is 0 Å². The van der Waals surface area contributed by atoms with Gasteiger partial charge in [0.2, 0.25) is 5.91 Å². The Morgan fingerprint density at radius 3 is 2.88 bits per heavy atom. The fourth-order valence-electron chi connectivity index (χ4n) is 2.18. The van der Waals surface area contributed by atoms with Crippen LogP contribution < -0.4 is 11.1 Å². The Labute approximate surface area is 104 Å². The average Bonchev–Trinajstić information content (AvgIpc) is 2.31. The van der Waals surface area contributed by atoms with Crippen molar-refractivity contribution in [2.24, 2.45) is 5.73 Å². The summed E-state index contributed by atoms with van der Waals surface area (Å²) in [6.07, 6.45) is 2.22. The van der Waals surface area contributed by atoms with Crippen molar-refractivity contribution in [1.29, 1.82) is 0 Å². The van der Waals surface area contributed by atoms with Gasteiger partial charge in [-0.2, -0.15) is 0 Å². The molecule has 3 atom stereocenters. The summed E-state index contributed by atoms with van der Waals surface area (Å²) in [6, 6.07) is 0.825. The Morgan fingerprint density at radius 1 is 1.65 bits per heavy atom. The van der Waals surface area contributed by atoms with Crippen LogP contribution in [0.4, 0.5) is 0 Å². The van der Waals surface area contributed by atoms with Crippen molar-refractivity contribution in [2.75, 3.05) is 27.2 Å². The lowest BCUT2D eigenvalue weighted by molar-refractivity contribution is -0.124. The predicted octanol–water partition coefficient (Wildman–Crippen LogP) is -0.0509. The van der Waals surface area contributed by atoms with Crippen molar-refractivity contribution >= 4 is 5.91 Å². The smallest absolute Gasteiger partial charge is 0.222 e. The fourth-order valence-corrected chi connectivity index (χ4v) is 2.18. The lowest BCUT2D eigenvalue weighted by Crippen LogP contribution is -2.48. The number of amides is 1. The molecule has 0 aromatic heterocycles. The summed E-state index contributed by atoms with van der Waals surface area (Å²) < 4.78 is 5.10. The number of nitrogens with zero attached hydrogens (tertiary/aromatic N) is 1. The van der Waals surface area contributed by atoms with Crippen LogP contribution in [0.2, 0.25) is 0 Å². The van der Waals surface area contributed by atoms with E-state index < -0.39 is 0 Å². The summed E-state index contributed by atoms with van der Waals surface area (Å²) in [6.45, 7) is 3.61. The second-order valence-electron chi connectivity index (χ2n) is 4.92. The van der Waals surface area contributed by atoms with Crippen LogP contribution in [0, 0.1) is 0 Å². The lowest BCUT2D eigenvalue weighted by atomic mass is 9.99. The van der Waals surface area contributed by atoms with Crippen molar-refractivity contribution in [3.63, 3.8) is 0 Å². The zero-order valence-electron chi connectivity index (χ0n) is 11.1. The zero-order chi connectivity index (χ0) is 12.8. The molecule has 1 saturated heterocycles. The number of likely N-dealkylation sites (tertiary alicyclic amines) is 1. The third-order valence-corrected chi connectivity index (χ3v) is 3.58. The van der Waals surface area contributed by atoms with Crippen molar-refractivity contribution in [1.82, 2.24) is 10.2 Å². The third kappa shape index (κ3) is 4.61. The second kappa shape index (κ2) is 6.93. The largest absolute Gasteiger partial charge is 0.380 e. The van der Waals surface area contributed by atoms with Crippen LogP contribution in [0.15, 0.2) is 0 Å². The van der Waals surface area contributed by atoms with Crippen LogP contribution in [0.5, 0.6) is 0 Å². The molecule has 5 nitrogen and oxygen atoms in total. The van der Waals surface area contributed by atoms with Gasteiger partial charge in [0.05, 0.1) is 12.5 Å². The SMILES string of the molecule is COC(CN)CC(=O)NC1CCN(C)C(C)C1. The van der Waals surface area contributed by atoms with E-state index in [1.54, 1.807) is 7.11 Å². The molecule has 0 bridgehead atoms. The molecule has 0 radical (unpaired) electrons. The van der Waals surface area contributed by atoms with Crippen LogP contribution in [0.1, 0.15) is 26.2 Å². The highest BCUT2D eigenvalue weighted by atomic mass is 16.5. The van der Waals surface area contributed by atoms with E-state index in [2.05, 4.69) is 24.2 Å². The number of carbonyl (C=O) groups is 1. The molecule has 100 valence electrons. The molecule has 0 aromatic rings. The summed E-state index contributed by atoms with van der Waals surface area (Å²) in [4.78, 5) is 14.1. The van der Waals surface area contributed by atoms with Crippen molar-refractivity contribution in [3.8, 4) is 0 Å². The maximum Gasteiger partial charge on any atom is 0.222 e. The van der Waals surface area contributed by atoms with Gasteiger partial charge in [-0.05, 0) is 26.8 Å². The van der Waals surface area contributed by atoms with Gasteiger partial charge in [0.25, 0.3) is 0 Å². The highest BCUT2D eigenvalue weighted by Gasteiger charge is 2.24. The molecule has 1 fully saturated rings. The molecule has 17 heavy (non-hydrogen) atoms. The van der Waals surface area contributed by atoms with Gasteiger partial charge >= 0.3 is 0 Å². The zero-order valence-corrected chi connectivity index (χ0v) is 11.1. The number of nitrogens with two attached hydrogens (primary N) is 1.